The first-order valence-electron chi connectivity index (χ1n) is 8.37. The molecule has 0 amide bonds. The molecule has 0 aliphatic heterocycles. The number of carbonyl (C=O) groups excluding carboxylic acids is 2. The number of carbonyl (C=O) groups is 2. The van der Waals surface area contributed by atoms with Gasteiger partial charge in [-0.3, -0.25) is 9.36 Å². The molecule has 2 N–H and O–H groups in total. The quantitative estimate of drug-likeness (QED) is 0.859. The topological polar surface area (TPSA) is 83.5 Å². The van der Waals surface area contributed by atoms with Gasteiger partial charge in [-0.2, -0.15) is 0 Å². The number of hydrogen-bond donors (Lipinski definition) is 1. The molecule has 0 saturated carbocycles. The third-order valence-corrected chi connectivity index (χ3v) is 3.48. The van der Waals surface area contributed by atoms with E-state index in [0.29, 0.717) is 0 Å². The highest BCUT2D eigenvalue weighted by atomic mass is 16.6. The van der Waals surface area contributed by atoms with E-state index in [4.69, 9.17) is 15.2 Å². The maximum atomic E-state index is 12.5. The van der Waals surface area contributed by atoms with Crippen molar-refractivity contribution in [3.05, 3.63) is 36.0 Å². The van der Waals surface area contributed by atoms with E-state index in [-0.39, 0.29) is 12.5 Å². The number of para-hydroxylation sites is 1. The Balaban J connectivity index is 2.32. The zero-order valence-electron chi connectivity index (χ0n) is 15.4. The molecule has 136 valence electrons. The van der Waals surface area contributed by atoms with E-state index in [9.17, 15) is 9.59 Å². The van der Waals surface area contributed by atoms with Gasteiger partial charge in [-0.05, 0) is 46.2 Å². The number of fused-ring (bicyclic) bond motifs is 1. The number of ether oxygens (including phenoxy) is 2. The van der Waals surface area contributed by atoms with Crippen molar-refractivity contribution in [2.24, 2.45) is 5.73 Å². The lowest BCUT2D eigenvalue weighted by Gasteiger charge is -2.19. The Bertz CT molecular complexity index is 771. The maximum absolute atomic E-state index is 12.5. The van der Waals surface area contributed by atoms with Gasteiger partial charge in [0.1, 0.15) is 11.6 Å². The van der Waals surface area contributed by atoms with E-state index in [1.807, 2.05) is 45.0 Å². The van der Waals surface area contributed by atoms with E-state index in [1.54, 1.807) is 20.0 Å². The summed E-state index contributed by atoms with van der Waals surface area (Å²) in [7, 11) is 0. The Morgan fingerprint density at radius 2 is 1.84 bits per heavy atom. The van der Waals surface area contributed by atoms with Gasteiger partial charge in [0, 0.05) is 18.0 Å². The van der Waals surface area contributed by atoms with Crippen LogP contribution in [-0.2, 0) is 20.7 Å². The van der Waals surface area contributed by atoms with Crippen LogP contribution in [0.25, 0.3) is 10.9 Å². The highest BCUT2D eigenvalue weighted by Crippen LogP contribution is 2.24. The van der Waals surface area contributed by atoms with Gasteiger partial charge in [0.25, 0.3) is 0 Å². The lowest BCUT2D eigenvalue weighted by Crippen LogP contribution is -2.35. The molecule has 0 bridgehead atoms. The second-order valence-electron chi connectivity index (χ2n) is 7.32. The summed E-state index contributed by atoms with van der Waals surface area (Å²) in [6.07, 6.45) is 1.28. The number of nitrogens with zero attached hydrogens (tertiary/aromatic N) is 1. The van der Waals surface area contributed by atoms with Gasteiger partial charge in [-0.25, -0.2) is 4.79 Å². The zero-order valence-corrected chi connectivity index (χ0v) is 15.4. The number of hydrogen-bond acceptors (Lipinski definition) is 5. The van der Waals surface area contributed by atoms with Gasteiger partial charge in [-0.1, -0.05) is 18.2 Å². The van der Waals surface area contributed by atoms with Crippen molar-refractivity contribution in [3.8, 4) is 0 Å². The molecule has 2 rings (SSSR count). The molecule has 0 spiro atoms. The van der Waals surface area contributed by atoms with Gasteiger partial charge in [0.15, 0.2) is 0 Å². The first-order chi connectivity index (χ1) is 11.6. The molecule has 25 heavy (non-hydrogen) atoms. The highest BCUT2D eigenvalue weighted by Gasteiger charge is 2.23. The smallest absolute Gasteiger partial charge is 0.419 e. The molecule has 1 atom stereocenters. The lowest BCUT2D eigenvalue weighted by atomic mass is 10.1. The van der Waals surface area contributed by atoms with Crippen molar-refractivity contribution in [1.29, 1.82) is 0 Å². The van der Waals surface area contributed by atoms with Crippen LogP contribution in [-0.4, -0.2) is 34.4 Å². The minimum Gasteiger partial charge on any atom is -0.462 e. The summed E-state index contributed by atoms with van der Waals surface area (Å²) < 4.78 is 12.1. The summed E-state index contributed by atoms with van der Waals surface area (Å²) in [4.78, 5) is 24.4. The summed E-state index contributed by atoms with van der Waals surface area (Å²) in [5, 5.41) is 0.862. The molecule has 1 aromatic carbocycles. The molecular weight excluding hydrogens is 320 g/mol. The number of rotatable bonds is 4. The average molecular weight is 346 g/mol. The van der Waals surface area contributed by atoms with Gasteiger partial charge in [0.05, 0.1) is 11.6 Å². The summed E-state index contributed by atoms with van der Waals surface area (Å²) >= 11 is 0. The van der Waals surface area contributed by atoms with Crippen LogP contribution in [0.5, 0.6) is 0 Å². The van der Waals surface area contributed by atoms with Crippen LogP contribution in [0.1, 0.15) is 40.2 Å². The fourth-order valence-electron chi connectivity index (χ4n) is 2.51. The number of esters is 1. The summed E-state index contributed by atoms with van der Waals surface area (Å²) in [6.45, 7) is 9.00. The van der Waals surface area contributed by atoms with E-state index >= 15 is 0 Å². The van der Waals surface area contributed by atoms with Gasteiger partial charge >= 0.3 is 12.1 Å². The molecular formula is C19H26N2O4. The van der Waals surface area contributed by atoms with Crippen LogP contribution >= 0.6 is 0 Å². The molecule has 0 saturated heterocycles. The van der Waals surface area contributed by atoms with Crippen molar-refractivity contribution in [3.63, 3.8) is 0 Å². The normalized spacial score (nSPS) is 13.1. The Morgan fingerprint density at radius 1 is 1.20 bits per heavy atom. The molecule has 0 aliphatic rings. The van der Waals surface area contributed by atoms with Crippen molar-refractivity contribution < 1.29 is 19.1 Å². The van der Waals surface area contributed by atoms with E-state index < -0.39 is 23.7 Å². The van der Waals surface area contributed by atoms with Crippen LogP contribution in [0.15, 0.2) is 30.5 Å². The summed E-state index contributed by atoms with van der Waals surface area (Å²) in [5.41, 5.74) is 6.90. The zero-order chi connectivity index (χ0) is 18.8. The van der Waals surface area contributed by atoms with Gasteiger partial charge < -0.3 is 15.2 Å². The maximum Gasteiger partial charge on any atom is 0.419 e. The van der Waals surface area contributed by atoms with Crippen LogP contribution in [0.3, 0.4) is 0 Å². The van der Waals surface area contributed by atoms with Crippen molar-refractivity contribution in [2.75, 3.05) is 0 Å². The van der Waals surface area contributed by atoms with Gasteiger partial charge in [-0.15, -0.1) is 0 Å². The summed E-state index contributed by atoms with van der Waals surface area (Å²) in [6, 6.07) is 6.66. The van der Waals surface area contributed by atoms with Crippen LogP contribution in [0.4, 0.5) is 4.79 Å². The first-order valence-corrected chi connectivity index (χ1v) is 8.37. The van der Waals surface area contributed by atoms with Crippen molar-refractivity contribution >= 4 is 23.0 Å². The number of nitrogens with two attached hydrogens (primary N) is 1. The molecule has 6 heteroatoms. The Hall–Kier alpha value is -2.34. The lowest BCUT2D eigenvalue weighted by molar-refractivity contribution is -0.148. The molecule has 0 fully saturated rings. The molecule has 2 aromatic rings. The molecule has 1 aromatic heterocycles. The van der Waals surface area contributed by atoms with E-state index in [1.165, 1.54) is 4.57 Å². The van der Waals surface area contributed by atoms with Crippen LogP contribution in [0, 0.1) is 0 Å². The predicted molar refractivity (Wildman–Crippen MR) is 96.5 cm³/mol. The Labute approximate surface area is 147 Å². The van der Waals surface area contributed by atoms with Crippen LogP contribution in [0.2, 0.25) is 0 Å². The largest absolute Gasteiger partial charge is 0.462 e. The minimum absolute atomic E-state index is 0.221. The molecule has 1 heterocycles. The minimum atomic E-state index is -0.791. The fraction of sp³-hybridized carbons (Fsp3) is 0.474. The van der Waals surface area contributed by atoms with Crippen LogP contribution < -0.4 is 5.73 Å². The summed E-state index contributed by atoms with van der Waals surface area (Å²) in [5.74, 6) is -0.455. The molecule has 0 aliphatic carbocycles. The van der Waals surface area contributed by atoms with Crippen molar-refractivity contribution in [1.82, 2.24) is 4.57 Å². The average Bonchev–Trinajstić information content (AvgIpc) is 2.84. The number of benzene rings is 1. The van der Waals surface area contributed by atoms with E-state index in [0.717, 1.165) is 16.5 Å². The second-order valence-corrected chi connectivity index (χ2v) is 7.32. The third kappa shape index (κ3) is 4.82. The van der Waals surface area contributed by atoms with Crippen molar-refractivity contribution in [2.45, 2.75) is 58.8 Å². The Morgan fingerprint density at radius 3 is 2.44 bits per heavy atom. The molecule has 0 radical (unpaired) electrons. The Kier molecular flexibility index (Phi) is 5.52. The SMILES string of the molecule is CC(C)OC(=O)[C@@H](N)Cc1cn(C(=O)OC(C)(C)C)c2ccccc12. The van der Waals surface area contributed by atoms with E-state index in [2.05, 4.69) is 0 Å². The standard InChI is InChI=1S/C19H26N2O4/c1-12(2)24-17(22)15(20)10-13-11-21(18(23)25-19(3,4)5)16-9-7-6-8-14(13)16/h6-9,11-12,15H,10,20H2,1-5H3/t15-/m0/s1. The highest BCUT2D eigenvalue weighted by molar-refractivity contribution is 5.92. The molecule has 0 unspecified atom stereocenters. The monoisotopic (exact) mass is 346 g/mol. The number of aromatic nitrogens is 1. The van der Waals surface area contributed by atoms with Gasteiger partial charge in [0.2, 0.25) is 0 Å². The third-order valence-electron chi connectivity index (χ3n) is 3.48. The molecule has 6 nitrogen and oxygen atoms in total. The fourth-order valence-corrected chi connectivity index (χ4v) is 2.51. The first kappa shape index (κ1) is 19.0. The predicted octanol–water partition coefficient (Wildman–Crippen LogP) is 3.25. The second kappa shape index (κ2) is 7.27.